The zero-order valence-corrected chi connectivity index (χ0v) is 15.6. The van der Waals surface area contributed by atoms with Gasteiger partial charge in [-0.25, -0.2) is 4.98 Å². The Morgan fingerprint density at radius 2 is 1.89 bits per heavy atom. The summed E-state index contributed by atoms with van der Waals surface area (Å²) in [4.78, 5) is 33.3. The molecule has 0 saturated heterocycles. The average molecular weight is 389 g/mol. The molecule has 2 amide bonds. The Morgan fingerprint density at radius 1 is 1.18 bits per heavy atom. The Hall–Kier alpha value is -2.78. The molecule has 0 fully saturated rings. The van der Waals surface area contributed by atoms with Crippen molar-refractivity contribution in [3.63, 3.8) is 0 Å². The Kier molecular flexibility index (Phi) is 5.71. The van der Waals surface area contributed by atoms with Crippen molar-refractivity contribution in [3.8, 4) is 0 Å². The standard InChI is InChI=1S/C19H25BN4O4/c1-13(2)10-17(20(27)28)24-18(25)15(11-14-6-4-3-5-7-14)23-19(26)16-12-21-8-9-22-16/h3-9,12-13,15,17,27-28H,10-11H2,1-2H3,(H,23,26)(H,24,25)/t15-,17-/m1/s1/i3D,4D,5D,6D,7D. The summed E-state index contributed by atoms with van der Waals surface area (Å²) in [5, 5.41) is 24.2. The van der Waals surface area contributed by atoms with Gasteiger partial charge in [-0.15, -0.1) is 0 Å². The van der Waals surface area contributed by atoms with Gasteiger partial charge < -0.3 is 20.7 Å². The molecule has 2 aromatic rings. The van der Waals surface area contributed by atoms with E-state index in [1.807, 2.05) is 13.8 Å². The summed E-state index contributed by atoms with van der Waals surface area (Å²) in [6.45, 7) is 3.64. The van der Waals surface area contributed by atoms with Crippen LogP contribution >= 0.6 is 0 Å². The van der Waals surface area contributed by atoms with E-state index in [9.17, 15) is 19.6 Å². The Labute approximate surface area is 171 Å². The number of nitrogens with zero attached hydrogens (tertiary/aromatic N) is 2. The summed E-state index contributed by atoms with van der Waals surface area (Å²) in [6.07, 6.45) is 3.59. The third-order valence-corrected chi connectivity index (χ3v) is 3.79. The number of hydrogen-bond donors (Lipinski definition) is 4. The van der Waals surface area contributed by atoms with Crippen LogP contribution in [0.25, 0.3) is 0 Å². The fourth-order valence-corrected chi connectivity index (χ4v) is 2.49. The second kappa shape index (κ2) is 10.5. The zero-order chi connectivity index (χ0) is 24.9. The molecule has 0 aliphatic carbocycles. The largest absolute Gasteiger partial charge is 0.475 e. The van der Waals surface area contributed by atoms with E-state index in [0.29, 0.717) is 0 Å². The number of benzene rings is 1. The van der Waals surface area contributed by atoms with Crippen molar-refractivity contribution < 1.29 is 26.5 Å². The van der Waals surface area contributed by atoms with Crippen molar-refractivity contribution in [3.05, 3.63) is 60.1 Å². The second-order valence-electron chi connectivity index (χ2n) is 6.58. The van der Waals surface area contributed by atoms with Gasteiger partial charge in [0, 0.05) is 18.8 Å². The lowest BCUT2D eigenvalue weighted by Crippen LogP contribution is -2.55. The molecule has 1 aromatic carbocycles. The highest BCUT2D eigenvalue weighted by Gasteiger charge is 2.30. The predicted octanol–water partition coefficient (Wildman–Crippen LogP) is 0.361. The first-order chi connectivity index (χ1) is 15.4. The lowest BCUT2D eigenvalue weighted by Gasteiger charge is -2.24. The maximum atomic E-state index is 13.0. The van der Waals surface area contributed by atoms with E-state index in [4.69, 9.17) is 6.85 Å². The number of nitrogens with one attached hydrogen (secondary N) is 2. The first-order valence-corrected chi connectivity index (χ1v) is 8.73. The highest BCUT2D eigenvalue weighted by atomic mass is 16.4. The molecule has 0 unspecified atom stereocenters. The van der Waals surface area contributed by atoms with Crippen LogP contribution in [0.5, 0.6) is 0 Å². The van der Waals surface area contributed by atoms with Crippen LogP contribution in [0.15, 0.2) is 48.8 Å². The molecule has 0 aliphatic heterocycles. The minimum Gasteiger partial charge on any atom is -0.426 e. The van der Waals surface area contributed by atoms with Crippen molar-refractivity contribution in [1.29, 1.82) is 0 Å². The van der Waals surface area contributed by atoms with Gasteiger partial charge in [0.15, 0.2) is 0 Å². The molecule has 8 nitrogen and oxygen atoms in total. The monoisotopic (exact) mass is 389 g/mol. The van der Waals surface area contributed by atoms with Crippen LogP contribution in [0, 0.1) is 5.92 Å². The molecule has 0 radical (unpaired) electrons. The van der Waals surface area contributed by atoms with E-state index in [1.54, 1.807) is 0 Å². The summed E-state index contributed by atoms with van der Waals surface area (Å²) in [7, 11) is -1.87. The number of aromatic nitrogens is 2. The van der Waals surface area contributed by atoms with Crippen molar-refractivity contribution in [2.24, 2.45) is 5.92 Å². The molecule has 148 valence electrons. The number of hydrogen-bond acceptors (Lipinski definition) is 6. The van der Waals surface area contributed by atoms with Gasteiger partial charge in [-0.1, -0.05) is 44.1 Å². The lowest BCUT2D eigenvalue weighted by molar-refractivity contribution is -0.123. The van der Waals surface area contributed by atoms with Crippen LogP contribution in [-0.4, -0.2) is 50.9 Å². The zero-order valence-electron chi connectivity index (χ0n) is 20.6. The molecule has 0 bridgehead atoms. The first kappa shape index (κ1) is 15.2. The molecule has 1 aromatic heterocycles. The molecule has 4 N–H and O–H groups in total. The van der Waals surface area contributed by atoms with Gasteiger partial charge in [-0.3, -0.25) is 14.6 Å². The second-order valence-corrected chi connectivity index (χ2v) is 6.58. The Balaban J connectivity index is 2.41. The summed E-state index contributed by atoms with van der Waals surface area (Å²) in [5.41, 5.74) is -0.275. The van der Waals surface area contributed by atoms with Crippen LogP contribution in [0.2, 0.25) is 0 Å². The van der Waals surface area contributed by atoms with Crippen molar-refractivity contribution in [2.75, 3.05) is 0 Å². The SMILES string of the molecule is [2H]c1c([2H])c([2H])c(C[C@@H](NC(=O)c2cnccn2)C(=O)N[C@H](CC(C)C)B(O)O)c([2H])c1[2H]. The maximum absolute atomic E-state index is 13.0. The molecule has 0 spiro atoms. The van der Waals surface area contributed by atoms with Crippen LogP contribution < -0.4 is 10.6 Å². The maximum Gasteiger partial charge on any atom is 0.475 e. The molecule has 2 atom stereocenters. The van der Waals surface area contributed by atoms with E-state index in [1.165, 1.54) is 18.6 Å². The summed E-state index contributed by atoms with van der Waals surface area (Å²) < 4.78 is 39.6. The van der Waals surface area contributed by atoms with Gasteiger partial charge in [0.2, 0.25) is 5.91 Å². The molecule has 0 saturated carbocycles. The van der Waals surface area contributed by atoms with E-state index in [-0.39, 0.29) is 23.6 Å². The first-order valence-electron chi connectivity index (χ1n) is 11.2. The third-order valence-electron chi connectivity index (χ3n) is 3.79. The molecule has 2 rings (SSSR count). The van der Waals surface area contributed by atoms with Crippen LogP contribution in [0.3, 0.4) is 0 Å². The molecule has 1 heterocycles. The minimum atomic E-state index is -1.87. The number of carbonyl (C=O) groups is 2. The fourth-order valence-electron chi connectivity index (χ4n) is 2.49. The lowest BCUT2D eigenvalue weighted by atomic mass is 9.75. The van der Waals surface area contributed by atoms with Crippen LogP contribution in [-0.2, 0) is 11.2 Å². The van der Waals surface area contributed by atoms with Gasteiger partial charge >= 0.3 is 7.12 Å². The van der Waals surface area contributed by atoms with Gasteiger partial charge in [0.1, 0.15) is 11.7 Å². The van der Waals surface area contributed by atoms with Crippen molar-refractivity contribution in [1.82, 2.24) is 20.6 Å². The van der Waals surface area contributed by atoms with E-state index in [0.717, 1.165) is 0 Å². The fraction of sp³-hybridized carbons (Fsp3) is 0.368. The Bertz CT molecular complexity index is 984. The third kappa shape index (κ3) is 6.75. The Morgan fingerprint density at radius 3 is 2.46 bits per heavy atom. The van der Waals surface area contributed by atoms with Gasteiger partial charge in [0.25, 0.3) is 5.91 Å². The van der Waals surface area contributed by atoms with Crippen LogP contribution in [0.4, 0.5) is 0 Å². The highest BCUT2D eigenvalue weighted by molar-refractivity contribution is 6.43. The van der Waals surface area contributed by atoms with E-state index >= 15 is 0 Å². The minimum absolute atomic E-state index is 0.00534. The van der Waals surface area contributed by atoms with Gasteiger partial charge in [0.05, 0.1) is 19.0 Å². The molecule has 0 aliphatic rings. The highest BCUT2D eigenvalue weighted by Crippen LogP contribution is 2.09. The molecular weight excluding hydrogens is 359 g/mol. The molecular formula is C19H25BN4O4. The average Bonchev–Trinajstić information content (AvgIpc) is 2.77. The van der Waals surface area contributed by atoms with E-state index in [2.05, 4.69) is 20.6 Å². The van der Waals surface area contributed by atoms with Gasteiger partial charge in [-0.2, -0.15) is 0 Å². The number of amides is 2. The number of carbonyl (C=O) groups excluding carboxylic acids is 2. The van der Waals surface area contributed by atoms with E-state index < -0.39 is 67.5 Å². The molecule has 28 heavy (non-hydrogen) atoms. The quantitative estimate of drug-likeness (QED) is 0.459. The van der Waals surface area contributed by atoms with Gasteiger partial charge in [-0.05, 0) is 17.9 Å². The molecule has 9 heteroatoms. The number of rotatable bonds is 9. The smallest absolute Gasteiger partial charge is 0.426 e. The summed E-state index contributed by atoms with van der Waals surface area (Å²) in [5.74, 6) is -2.64. The topological polar surface area (TPSA) is 124 Å². The summed E-state index contributed by atoms with van der Waals surface area (Å²) in [6, 6.07) is -4.15. The van der Waals surface area contributed by atoms with Crippen molar-refractivity contribution >= 4 is 18.9 Å². The van der Waals surface area contributed by atoms with Crippen LogP contribution in [0.1, 0.15) is 43.2 Å². The summed E-state index contributed by atoms with van der Waals surface area (Å²) >= 11 is 0. The normalized spacial score (nSPS) is 15.4. The predicted molar refractivity (Wildman–Crippen MR) is 105 cm³/mol. The van der Waals surface area contributed by atoms with Crippen molar-refractivity contribution in [2.45, 2.75) is 38.7 Å².